The van der Waals surface area contributed by atoms with Crippen LogP contribution in [0.2, 0.25) is 0 Å². The molecule has 1 unspecified atom stereocenters. The number of carbonyl (C=O) groups excluding carboxylic acids is 1. The lowest BCUT2D eigenvalue weighted by atomic mass is 9.79. The molecule has 1 N–H and O–H groups in total. The highest BCUT2D eigenvalue weighted by Crippen LogP contribution is 2.38. The van der Waals surface area contributed by atoms with Gasteiger partial charge in [0, 0.05) is 25.7 Å². The van der Waals surface area contributed by atoms with Gasteiger partial charge in [-0.1, -0.05) is 36.4 Å². The third-order valence-corrected chi connectivity index (χ3v) is 6.41. The van der Waals surface area contributed by atoms with Crippen molar-refractivity contribution in [2.75, 3.05) is 20.8 Å². The molecular formula is C31H30F6O4. The number of alkyl halides is 6. The molecule has 3 aromatic rings. The maximum Gasteiger partial charge on any atom is 0.416 e. The normalized spacial score (nSPS) is 15.3. The fourth-order valence-electron chi connectivity index (χ4n) is 4.48. The van der Waals surface area contributed by atoms with E-state index in [9.17, 15) is 31.1 Å². The molecule has 1 atom stereocenters. The highest BCUT2D eigenvalue weighted by molar-refractivity contribution is 6.00. The molecule has 0 aliphatic heterocycles. The number of rotatable bonds is 7. The minimum atomic E-state index is -4.94. The number of hydrogen-bond donors (Lipinski definition) is 1. The summed E-state index contributed by atoms with van der Waals surface area (Å²) in [7, 11) is 3.25. The van der Waals surface area contributed by atoms with Crippen LogP contribution in [0.25, 0.3) is 6.08 Å². The second kappa shape index (κ2) is 13.8. The molecule has 4 rings (SSSR count). The summed E-state index contributed by atoms with van der Waals surface area (Å²) in [5.74, 6) is -0.487. The molecule has 0 fully saturated rings. The van der Waals surface area contributed by atoms with Crippen LogP contribution in [0.3, 0.4) is 0 Å². The van der Waals surface area contributed by atoms with Crippen molar-refractivity contribution in [1.82, 2.24) is 0 Å². The van der Waals surface area contributed by atoms with Crippen LogP contribution in [0.5, 0.6) is 5.75 Å². The van der Waals surface area contributed by atoms with Gasteiger partial charge in [0.15, 0.2) is 5.78 Å². The first-order chi connectivity index (χ1) is 19.3. The number of aliphatic hydroxyl groups excluding tert-OH is 1. The van der Waals surface area contributed by atoms with Crippen LogP contribution in [0.4, 0.5) is 26.3 Å². The van der Waals surface area contributed by atoms with Crippen molar-refractivity contribution in [1.29, 1.82) is 0 Å². The Morgan fingerprint density at radius 2 is 1.49 bits per heavy atom. The molecular weight excluding hydrogens is 550 g/mol. The third-order valence-electron chi connectivity index (χ3n) is 6.41. The Morgan fingerprint density at radius 1 is 0.878 bits per heavy atom. The molecule has 220 valence electrons. The predicted molar refractivity (Wildman–Crippen MR) is 143 cm³/mol. The molecule has 3 aromatic carbocycles. The van der Waals surface area contributed by atoms with Crippen LogP contribution in [0.15, 0.2) is 66.7 Å². The Kier molecular flexibility index (Phi) is 10.8. The van der Waals surface area contributed by atoms with Crippen LogP contribution < -0.4 is 4.74 Å². The Bertz CT molecular complexity index is 1310. The second-order valence-corrected chi connectivity index (χ2v) is 9.56. The monoisotopic (exact) mass is 580 g/mol. The zero-order chi connectivity index (χ0) is 30.2. The Morgan fingerprint density at radius 3 is 2.05 bits per heavy atom. The lowest BCUT2D eigenvalue weighted by Crippen LogP contribution is -2.25. The van der Waals surface area contributed by atoms with Gasteiger partial charge in [-0.3, -0.25) is 4.79 Å². The molecule has 0 spiro atoms. The summed E-state index contributed by atoms with van der Waals surface area (Å²) >= 11 is 0. The van der Waals surface area contributed by atoms with Gasteiger partial charge < -0.3 is 14.6 Å². The fourth-order valence-corrected chi connectivity index (χ4v) is 4.48. The van der Waals surface area contributed by atoms with Crippen molar-refractivity contribution in [3.63, 3.8) is 0 Å². The summed E-state index contributed by atoms with van der Waals surface area (Å²) in [5, 5.41) is 8.84. The van der Waals surface area contributed by atoms with E-state index in [2.05, 4.69) is 4.74 Å². The molecule has 0 saturated heterocycles. The molecule has 0 radical (unpaired) electrons. The quantitative estimate of drug-likeness (QED) is 0.293. The zero-order valence-corrected chi connectivity index (χ0v) is 22.5. The summed E-state index contributed by atoms with van der Waals surface area (Å²) in [5.41, 5.74) is 0.0356. The number of aryl methyl sites for hydroxylation is 1. The minimum Gasteiger partial charge on any atom is -0.489 e. The first-order valence-corrected chi connectivity index (χ1v) is 12.7. The number of ketones is 1. The highest BCUT2D eigenvalue weighted by atomic mass is 19.4. The molecule has 1 aliphatic carbocycles. The topological polar surface area (TPSA) is 55.8 Å². The summed E-state index contributed by atoms with van der Waals surface area (Å²) in [6, 6.07) is 14.0. The average Bonchev–Trinajstić information content (AvgIpc) is 2.92. The number of ether oxygens (including phenoxy) is 2. The number of fused-ring (bicyclic) bond motifs is 1. The molecule has 10 heteroatoms. The van der Waals surface area contributed by atoms with E-state index in [1.165, 1.54) is 0 Å². The van der Waals surface area contributed by atoms with Crippen molar-refractivity contribution in [3.05, 3.63) is 106 Å². The maximum absolute atomic E-state index is 13.2. The molecule has 0 bridgehead atoms. The first-order valence-electron chi connectivity index (χ1n) is 12.7. The van der Waals surface area contributed by atoms with Gasteiger partial charge in [-0.05, 0) is 77.9 Å². The lowest BCUT2D eigenvalue weighted by molar-refractivity contribution is -0.143. The molecule has 4 nitrogen and oxygen atoms in total. The number of hydrogen-bond acceptors (Lipinski definition) is 4. The number of halogens is 6. The summed E-state index contributed by atoms with van der Waals surface area (Å²) in [6.45, 7) is 0.243. The number of carbonyl (C=O) groups is 1. The summed E-state index contributed by atoms with van der Waals surface area (Å²) in [4.78, 5) is 13.1. The molecule has 0 heterocycles. The van der Waals surface area contributed by atoms with Crippen LogP contribution in [-0.4, -0.2) is 31.7 Å². The second-order valence-electron chi connectivity index (χ2n) is 9.56. The largest absolute Gasteiger partial charge is 0.489 e. The Labute approximate surface area is 234 Å². The van der Waals surface area contributed by atoms with Crippen molar-refractivity contribution in [2.45, 2.75) is 38.2 Å². The van der Waals surface area contributed by atoms with Crippen molar-refractivity contribution >= 4 is 11.9 Å². The fraction of sp³-hybridized carbons (Fsp3) is 0.323. The van der Waals surface area contributed by atoms with Gasteiger partial charge in [0.1, 0.15) is 12.4 Å². The van der Waals surface area contributed by atoms with Gasteiger partial charge in [0.05, 0.1) is 17.7 Å². The molecule has 0 aromatic heterocycles. The van der Waals surface area contributed by atoms with Crippen LogP contribution in [0.1, 0.15) is 50.2 Å². The van der Waals surface area contributed by atoms with E-state index in [1.807, 2.05) is 24.3 Å². The van der Waals surface area contributed by atoms with Gasteiger partial charge in [-0.2, -0.15) is 26.3 Å². The van der Waals surface area contributed by atoms with Gasteiger partial charge in [-0.25, -0.2) is 0 Å². The van der Waals surface area contributed by atoms with E-state index in [0.29, 0.717) is 36.3 Å². The Hall–Kier alpha value is -3.63. The summed E-state index contributed by atoms with van der Waals surface area (Å²) < 4.78 is 89.3. The van der Waals surface area contributed by atoms with Gasteiger partial charge in [0.25, 0.3) is 0 Å². The van der Waals surface area contributed by atoms with Crippen molar-refractivity contribution < 1.29 is 45.7 Å². The highest BCUT2D eigenvalue weighted by Gasteiger charge is 2.37. The van der Waals surface area contributed by atoms with Crippen molar-refractivity contribution in [2.24, 2.45) is 5.92 Å². The Balaban J connectivity index is 0.00000147. The number of methoxy groups -OCH3 is 1. The van der Waals surface area contributed by atoms with E-state index in [-0.39, 0.29) is 37.0 Å². The average molecular weight is 581 g/mol. The molecule has 0 amide bonds. The maximum atomic E-state index is 13.2. The predicted octanol–water partition coefficient (Wildman–Crippen LogP) is 7.56. The molecule has 0 saturated carbocycles. The molecule has 41 heavy (non-hydrogen) atoms. The van der Waals surface area contributed by atoms with E-state index < -0.39 is 29.4 Å². The zero-order valence-electron chi connectivity index (χ0n) is 22.5. The summed E-state index contributed by atoms with van der Waals surface area (Å²) in [6.07, 6.45) is -5.92. The molecule has 1 aliphatic rings. The lowest BCUT2D eigenvalue weighted by Gasteiger charge is -2.24. The van der Waals surface area contributed by atoms with E-state index in [1.54, 1.807) is 44.6 Å². The van der Waals surface area contributed by atoms with Crippen LogP contribution in [0, 0.1) is 5.92 Å². The van der Waals surface area contributed by atoms with Crippen LogP contribution in [-0.2, 0) is 36.5 Å². The number of aliphatic hydroxyl groups is 1. The van der Waals surface area contributed by atoms with Gasteiger partial charge >= 0.3 is 12.4 Å². The first kappa shape index (κ1) is 31.9. The smallest absolute Gasteiger partial charge is 0.416 e. The standard InChI is InChI=1S/C29H24F6O3.C2H6O/c30-28(31,32)23-13-20(14-24(16-23)29(33,34)35)12-22-8-7-21-15-25(9-10-26(21)27(22)37)38-17-19-5-3-18(4-6-19)2-1-11-36;1-3-2/h1-6,9-10,13-16,22,36H,7-8,11-12,17H2;1-2H3/b2-1+;. The van der Waals surface area contributed by atoms with E-state index in [0.717, 1.165) is 16.7 Å². The van der Waals surface area contributed by atoms with Crippen molar-refractivity contribution in [3.8, 4) is 5.75 Å². The SMILES string of the molecule is COC.O=C1c2ccc(OCc3ccc(/C=C/CO)cc3)cc2CCC1Cc1cc(C(F)(F)F)cc(C(F)(F)F)c1. The number of Topliss-reactive ketones (excluding diaryl/α,β-unsaturated/α-hetero) is 1. The van der Waals surface area contributed by atoms with Gasteiger partial charge in [0.2, 0.25) is 0 Å². The van der Waals surface area contributed by atoms with E-state index in [4.69, 9.17) is 9.84 Å². The minimum absolute atomic E-state index is 0.0450. The third kappa shape index (κ3) is 8.93. The van der Waals surface area contributed by atoms with E-state index >= 15 is 0 Å². The van der Waals surface area contributed by atoms with Crippen LogP contribution >= 0.6 is 0 Å². The van der Waals surface area contributed by atoms with Gasteiger partial charge in [-0.15, -0.1) is 0 Å². The number of benzene rings is 3.